The lowest BCUT2D eigenvalue weighted by molar-refractivity contribution is -0.148. The van der Waals surface area contributed by atoms with Crippen LogP contribution in [-0.4, -0.2) is 73.1 Å². The molecule has 2 rings (SSSR count). The third-order valence-corrected chi connectivity index (χ3v) is 3.74. The molecule has 1 atom stereocenters. The van der Waals surface area contributed by atoms with Gasteiger partial charge in [-0.15, -0.1) is 0 Å². The average Bonchev–Trinajstić information content (AvgIpc) is 2.87. The minimum atomic E-state index is -3.03. The predicted octanol–water partition coefficient (Wildman–Crippen LogP) is 0.236. The lowest BCUT2D eigenvalue weighted by Gasteiger charge is -2.36. The van der Waals surface area contributed by atoms with E-state index in [-0.39, 0.29) is 25.7 Å². The van der Waals surface area contributed by atoms with Crippen LogP contribution in [0, 0.1) is 0 Å². The van der Waals surface area contributed by atoms with Gasteiger partial charge in [-0.05, 0) is 12.8 Å². The molecule has 118 valence electrons. The van der Waals surface area contributed by atoms with Crippen molar-refractivity contribution >= 4 is 18.0 Å². The number of nitrogens with zero attached hydrogens (tertiary/aromatic N) is 2. The molecular formula is C12H16F2N2O5. The number of carbonyl (C=O) groups excluding carboxylic acids is 3. The van der Waals surface area contributed by atoms with Gasteiger partial charge in [-0.3, -0.25) is 9.69 Å². The molecular weight excluding hydrogens is 290 g/mol. The Kier molecular flexibility index (Phi) is 4.59. The Hall–Kier alpha value is -1.93. The highest BCUT2D eigenvalue weighted by Crippen LogP contribution is 2.25. The third kappa shape index (κ3) is 3.06. The van der Waals surface area contributed by atoms with Crippen LogP contribution in [-0.2, 0) is 19.1 Å². The molecule has 2 fully saturated rings. The van der Waals surface area contributed by atoms with Crippen molar-refractivity contribution in [2.24, 2.45) is 0 Å². The molecule has 0 aromatic heterocycles. The number of cyclic esters (lactones) is 1. The van der Waals surface area contributed by atoms with E-state index in [0.717, 1.165) is 4.90 Å². The highest BCUT2D eigenvalue weighted by molar-refractivity contribution is 5.84. The Morgan fingerprint density at radius 2 is 1.95 bits per heavy atom. The normalized spacial score (nSPS) is 23.4. The number of ether oxygens (including phenoxy) is 2. The van der Waals surface area contributed by atoms with Crippen LogP contribution in [0.4, 0.5) is 13.6 Å². The Morgan fingerprint density at radius 3 is 2.48 bits per heavy atom. The first-order valence-corrected chi connectivity index (χ1v) is 6.55. The van der Waals surface area contributed by atoms with Crippen LogP contribution in [0.3, 0.4) is 0 Å². The molecule has 0 aromatic carbocycles. The van der Waals surface area contributed by atoms with Gasteiger partial charge in [0.25, 0.3) is 5.91 Å². The average molecular weight is 306 g/mol. The lowest BCUT2D eigenvalue weighted by Crippen LogP contribution is -2.52. The zero-order chi connectivity index (χ0) is 15.6. The van der Waals surface area contributed by atoms with Crippen LogP contribution in [0.15, 0.2) is 0 Å². The van der Waals surface area contributed by atoms with Crippen LogP contribution >= 0.6 is 0 Å². The number of piperidine rings is 1. The molecule has 2 aliphatic heterocycles. The van der Waals surface area contributed by atoms with E-state index in [4.69, 9.17) is 4.74 Å². The highest BCUT2D eigenvalue weighted by Gasteiger charge is 2.44. The van der Waals surface area contributed by atoms with Crippen LogP contribution in [0.5, 0.6) is 0 Å². The molecule has 21 heavy (non-hydrogen) atoms. The van der Waals surface area contributed by atoms with Crippen LogP contribution in [0.25, 0.3) is 0 Å². The second-order valence-corrected chi connectivity index (χ2v) is 4.88. The van der Waals surface area contributed by atoms with E-state index in [2.05, 4.69) is 4.74 Å². The molecule has 7 nitrogen and oxygen atoms in total. The molecule has 2 aliphatic rings. The number of hydrogen-bond acceptors (Lipinski definition) is 5. The van der Waals surface area contributed by atoms with E-state index in [1.54, 1.807) is 0 Å². The zero-order valence-electron chi connectivity index (χ0n) is 11.5. The van der Waals surface area contributed by atoms with E-state index < -0.39 is 30.4 Å². The Balaban J connectivity index is 1.99. The molecule has 2 saturated heterocycles. The number of esters is 1. The summed E-state index contributed by atoms with van der Waals surface area (Å²) in [5.74, 6) is -1.78. The smallest absolute Gasteiger partial charge is 0.410 e. The molecule has 0 spiro atoms. The fourth-order valence-corrected chi connectivity index (χ4v) is 2.66. The van der Waals surface area contributed by atoms with Crippen molar-refractivity contribution < 1.29 is 32.6 Å². The van der Waals surface area contributed by atoms with Gasteiger partial charge in [0, 0.05) is 19.1 Å². The number of hydrogen-bond donors (Lipinski definition) is 0. The summed E-state index contributed by atoms with van der Waals surface area (Å²) in [7, 11) is 1.22. The quantitative estimate of drug-likeness (QED) is 0.698. The first-order chi connectivity index (χ1) is 9.95. The maximum atomic E-state index is 12.3. The van der Waals surface area contributed by atoms with E-state index in [9.17, 15) is 23.2 Å². The van der Waals surface area contributed by atoms with E-state index in [1.165, 1.54) is 12.0 Å². The number of carbonyl (C=O) groups is 3. The molecule has 0 bridgehead atoms. The lowest BCUT2D eigenvalue weighted by atomic mass is 10.0. The van der Waals surface area contributed by atoms with Crippen LogP contribution < -0.4 is 0 Å². The van der Waals surface area contributed by atoms with Gasteiger partial charge in [-0.25, -0.2) is 9.59 Å². The SMILES string of the molecule is COC(=O)C1COC(=O)N1C1CCN(C(=O)C(F)F)CC1. The fraction of sp³-hybridized carbons (Fsp3) is 0.750. The molecule has 2 heterocycles. The molecule has 0 saturated carbocycles. The molecule has 0 N–H and O–H groups in total. The Labute approximate surface area is 119 Å². The van der Waals surface area contributed by atoms with Crippen molar-refractivity contribution in [2.45, 2.75) is 31.4 Å². The number of likely N-dealkylation sites (tertiary alicyclic amines) is 1. The van der Waals surface area contributed by atoms with E-state index in [1.807, 2.05) is 0 Å². The van der Waals surface area contributed by atoms with Gasteiger partial charge < -0.3 is 14.4 Å². The van der Waals surface area contributed by atoms with Crippen molar-refractivity contribution in [1.29, 1.82) is 0 Å². The Bertz CT molecular complexity index is 437. The van der Waals surface area contributed by atoms with Gasteiger partial charge in [0.05, 0.1) is 7.11 Å². The Morgan fingerprint density at radius 1 is 1.33 bits per heavy atom. The van der Waals surface area contributed by atoms with Crippen molar-refractivity contribution in [3.8, 4) is 0 Å². The number of methoxy groups -OCH3 is 1. The summed E-state index contributed by atoms with van der Waals surface area (Å²) in [6.07, 6.45) is -3.01. The van der Waals surface area contributed by atoms with Crippen molar-refractivity contribution in [3.63, 3.8) is 0 Å². The monoisotopic (exact) mass is 306 g/mol. The summed E-state index contributed by atoms with van der Waals surface area (Å²) in [5.41, 5.74) is 0. The minimum Gasteiger partial charge on any atom is -0.467 e. The van der Waals surface area contributed by atoms with Gasteiger partial charge in [0.1, 0.15) is 6.61 Å². The standard InChI is InChI=1S/C12H16F2N2O5/c1-20-11(18)8-6-21-12(19)16(8)7-2-4-15(5-3-7)10(17)9(13)14/h7-9H,2-6H2,1H3. The van der Waals surface area contributed by atoms with Crippen molar-refractivity contribution in [1.82, 2.24) is 9.80 Å². The second kappa shape index (κ2) is 6.23. The maximum Gasteiger partial charge on any atom is 0.410 e. The van der Waals surface area contributed by atoms with Crippen molar-refractivity contribution in [2.75, 3.05) is 26.8 Å². The number of alkyl halides is 2. The largest absolute Gasteiger partial charge is 0.467 e. The van der Waals surface area contributed by atoms with Gasteiger partial charge in [-0.1, -0.05) is 0 Å². The number of halogens is 2. The number of amides is 2. The summed E-state index contributed by atoms with van der Waals surface area (Å²) >= 11 is 0. The maximum absolute atomic E-state index is 12.3. The van der Waals surface area contributed by atoms with Gasteiger partial charge in [0.2, 0.25) is 0 Å². The fourth-order valence-electron chi connectivity index (χ4n) is 2.66. The first-order valence-electron chi connectivity index (χ1n) is 6.55. The topological polar surface area (TPSA) is 76.2 Å². The molecule has 2 amide bonds. The molecule has 1 unspecified atom stereocenters. The van der Waals surface area contributed by atoms with Gasteiger partial charge in [0.15, 0.2) is 6.04 Å². The summed E-state index contributed by atoms with van der Waals surface area (Å²) in [6, 6.07) is -1.14. The van der Waals surface area contributed by atoms with E-state index in [0.29, 0.717) is 12.8 Å². The summed E-state index contributed by atoms with van der Waals surface area (Å²) in [5, 5.41) is 0. The van der Waals surface area contributed by atoms with Crippen LogP contribution in [0.1, 0.15) is 12.8 Å². The summed E-state index contributed by atoms with van der Waals surface area (Å²) < 4.78 is 34.2. The number of rotatable bonds is 3. The summed E-state index contributed by atoms with van der Waals surface area (Å²) in [6.45, 7) is 0.151. The molecule has 9 heteroatoms. The molecule has 0 aromatic rings. The van der Waals surface area contributed by atoms with Gasteiger partial charge in [-0.2, -0.15) is 8.78 Å². The molecule has 0 radical (unpaired) electrons. The predicted molar refractivity (Wildman–Crippen MR) is 64.6 cm³/mol. The first kappa shape index (κ1) is 15.5. The van der Waals surface area contributed by atoms with Gasteiger partial charge >= 0.3 is 18.5 Å². The van der Waals surface area contributed by atoms with Crippen LogP contribution in [0.2, 0.25) is 0 Å². The third-order valence-electron chi connectivity index (χ3n) is 3.74. The minimum absolute atomic E-state index is 0.0817. The molecule has 0 aliphatic carbocycles. The summed E-state index contributed by atoms with van der Waals surface area (Å²) in [4.78, 5) is 36.9. The van der Waals surface area contributed by atoms with E-state index >= 15 is 0 Å². The zero-order valence-corrected chi connectivity index (χ0v) is 11.5. The highest BCUT2D eigenvalue weighted by atomic mass is 19.3. The van der Waals surface area contributed by atoms with Crippen molar-refractivity contribution in [3.05, 3.63) is 0 Å². The second-order valence-electron chi connectivity index (χ2n) is 4.88.